The number of nitrogen functional groups attached to an aromatic ring is 1. The van der Waals surface area contributed by atoms with Crippen LogP contribution >= 0.6 is 0 Å². The molecule has 1 aliphatic rings. The van der Waals surface area contributed by atoms with Gasteiger partial charge in [-0.15, -0.1) is 10.2 Å². The standard InChI is InChI=1S/C26H30N8O3/c1-16(2)34-15-29-32-25(34)20-5-4-6-24(30-20)31-26(35)18-11-22(23(12-19(18)27)37-10-9-36-3)33-13-21(28-14-33)17-7-8-17/h4-6,11-17H,7-10,27H2,1-3H3,(H,30,31,35). The Kier molecular flexibility index (Phi) is 6.87. The average Bonchev–Trinajstić information content (AvgIpc) is 3.39. The van der Waals surface area contributed by atoms with Crippen molar-refractivity contribution < 1.29 is 14.3 Å². The highest BCUT2D eigenvalue weighted by molar-refractivity contribution is 6.08. The van der Waals surface area contributed by atoms with E-state index in [1.807, 2.05) is 41.3 Å². The smallest absolute Gasteiger partial charge is 0.258 e. The maximum absolute atomic E-state index is 13.3. The first-order chi connectivity index (χ1) is 17.9. The molecule has 192 valence electrons. The number of carbonyl (C=O) groups excluding carboxylic acids is 1. The summed E-state index contributed by atoms with van der Waals surface area (Å²) in [6.07, 6.45) is 7.66. The first-order valence-electron chi connectivity index (χ1n) is 12.2. The number of anilines is 2. The topological polar surface area (TPSA) is 135 Å². The molecule has 0 radical (unpaired) electrons. The summed E-state index contributed by atoms with van der Waals surface area (Å²) in [6.45, 7) is 4.84. The van der Waals surface area contributed by atoms with Crippen LogP contribution in [0.15, 0.2) is 49.2 Å². The molecular weight excluding hydrogens is 472 g/mol. The number of aromatic nitrogens is 6. The lowest BCUT2D eigenvalue weighted by Gasteiger charge is -2.16. The number of ether oxygens (including phenoxy) is 2. The largest absolute Gasteiger partial charge is 0.489 e. The molecule has 1 amide bonds. The van der Waals surface area contributed by atoms with E-state index in [0.29, 0.717) is 53.5 Å². The van der Waals surface area contributed by atoms with Crippen LogP contribution in [0.3, 0.4) is 0 Å². The van der Waals surface area contributed by atoms with Crippen LogP contribution in [0, 0.1) is 0 Å². The van der Waals surface area contributed by atoms with Crippen molar-refractivity contribution in [3.63, 3.8) is 0 Å². The number of hydrogen-bond donors (Lipinski definition) is 2. The molecule has 1 aliphatic carbocycles. The third-order valence-electron chi connectivity index (χ3n) is 6.15. The highest BCUT2D eigenvalue weighted by atomic mass is 16.5. The lowest BCUT2D eigenvalue weighted by atomic mass is 10.1. The molecule has 11 heteroatoms. The molecule has 3 aromatic heterocycles. The minimum atomic E-state index is -0.389. The van der Waals surface area contributed by atoms with E-state index in [-0.39, 0.29) is 17.6 Å². The summed E-state index contributed by atoms with van der Waals surface area (Å²) in [6, 6.07) is 8.89. The number of nitrogens with zero attached hydrogens (tertiary/aromatic N) is 6. The number of nitrogens with two attached hydrogens (primary N) is 1. The summed E-state index contributed by atoms with van der Waals surface area (Å²) >= 11 is 0. The van der Waals surface area contributed by atoms with Gasteiger partial charge in [-0.05, 0) is 44.9 Å². The third kappa shape index (κ3) is 5.31. The van der Waals surface area contributed by atoms with E-state index in [9.17, 15) is 4.79 Å². The van der Waals surface area contributed by atoms with Crippen molar-refractivity contribution in [1.29, 1.82) is 0 Å². The summed E-state index contributed by atoms with van der Waals surface area (Å²) in [7, 11) is 1.61. The van der Waals surface area contributed by atoms with Crippen molar-refractivity contribution in [3.05, 3.63) is 60.4 Å². The Morgan fingerprint density at radius 3 is 2.81 bits per heavy atom. The Bertz CT molecular complexity index is 1410. The molecule has 1 aromatic carbocycles. The van der Waals surface area contributed by atoms with Crippen molar-refractivity contribution in [2.75, 3.05) is 31.4 Å². The number of methoxy groups -OCH3 is 1. The highest BCUT2D eigenvalue weighted by Crippen LogP contribution is 2.39. The number of pyridine rings is 1. The molecule has 5 rings (SSSR count). The van der Waals surface area contributed by atoms with Gasteiger partial charge in [0, 0.05) is 37.0 Å². The molecule has 1 saturated carbocycles. The first-order valence-corrected chi connectivity index (χ1v) is 12.2. The fraction of sp³-hybridized carbons (Fsp3) is 0.346. The van der Waals surface area contributed by atoms with Crippen LogP contribution in [-0.4, -0.2) is 55.5 Å². The van der Waals surface area contributed by atoms with Gasteiger partial charge in [-0.25, -0.2) is 9.97 Å². The second kappa shape index (κ2) is 10.4. The van der Waals surface area contributed by atoms with E-state index in [1.54, 1.807) is 38.0 Å². The maximum Gasteiger partial charge on any atom is 0.258 e. The number of hydrogen-bond acceptors (Lipinski definition) is 8. The fourth-order valence-corrected chi connectivity index (χ4v) is 4.01. The molecule has 3 heterocycles. The molecule has 4 aromatic rings. The van der Waals surface area contributed by atoms with Gasteiger partial charge in [-0.2, -0.15) is 0 Å². The first kappa shape index (κ1) is 24.4. The van der Waals surface area contributed by atoms with Crippen LogP contribution in [0.2, 0.25) is 0 Å². The Morgan fingerprint density at radius 1 is 1.22 bits per heavy atom. The molecule has 1 fully saturated rings. The van der Waals surface area contributed by atoms with Crippen LogP contribution in [0.5, 0.6) is 5.75 Å². The van der Waals surface area contributed by atoms with Gasteiger partial charge in [0.15, 0.2) is 5.82 Å². The van der Waals surface area contributed by atoms with Gasteiger partial charge in [-0.1, -0.05) is 6.07 Å². The van der Waals surface area contributed by atoms with E-state index in [2.05, 4.69) is 25.5 Å². The third-order valence-corrected chi connectivity index (χ3v) is 6.15. The van der Waals surface area contributed by atoms with Gasteiger partial charge in [0.05, 0.1) is 29.9 Å². The zero-order chi connectivity index (χ0) is 25.9. The molecule has 0 saturated heterocycles. The number of amides is 1. The minimum absolute atomic E-state index is 0.163. The Morgan fingerprint density at radius 2 is 2.05 bits per heavy atom. The van der Waals surface area contributed by atoms with Crippen LogP contribution in [0.4, 0.5) is 11.5 Å². The minimum Gasteiger partial charge on any atom is -0.489 e. The zero-order valence-corrected chi connectivity index (χ0v) is 21.1. The van der Waals surface area contributed by atoms with Gasteiger partial charge >= 0.3 is 0 Å². The fourth-order valence-electron chi connectivity index (χ4n) is 4.01. The van der Waals surface area contributed by atoms with E-state index in [4.69, 9.17) is 15.2 Å². The Labute approximate surface area is 214 Å². The van der Waals surface area contributed by atoms with Crippen LogP contribution in [-0.2, 0) is 4.74 Å². The predicted molar refractivity (Wildman–Crippen MR) is 139 cm³/mol. The maximum atomic E-state index is 13.3. The van der Waals surface area contributed by atoms with Gasteiger partial charge in [0.25, 0.3) is 5.91 Å². The van der Waals surface area contributed by atoms with E-state index in [1.165, 1.54) is 0 Å². The van der Waals surface area contributed by atoms with Crippen LogP contribution < -0.4 is 15.8 Å². The van der Waals surface area contributed by atoms with Crippen molar-refractivity contribution in [2.45, 2.75) is 38.6 Å². The van der Waals surface area contributed by atoms with Gasteiger partial charge < -0.3 is 29.7 Å². The molecular formula is C26H30N8O3. The zero-order valence-electron chi connectivity index (χ0n) is 21.1. The van der Waals surface area contributed by atoms with Crippen molar-refractivity contribution >= 4 is 17.4 Å². The normalized spacial score (nSPS) is 13.2. The summed E-state index contributed by atoms with van der Waals surface area (Å²) in [5.74, 6) is 1.65. The molecule has 0 atom stereocenters. The Balaban J connectivity index is 1.44. The van der Waals surface area contributed by atoms with Gasteiger partial charge in [0.2, 0.25) is 0 Å². The number of carbonyl (C=O) groups is 1. The number of rotatable bonds is 10. The van der Waals surface area contributed by atoms with E-state index < -0.39 is 0 Å². The highest BCUT2D eigenvalue weighted by Gasteiger charge is 2.26. The monoisotopic (exact) mass is 502 g/mol. The molecule has 37 heavy (non-hydrogen) atoms. The van der Waals surface area contributed by atoms with Gasteiger partial charge in [-0.3, -0.25) is 4.79 Å². The quantitative estimate of drug-likeness (QED) is 0.247. The van der Waals surface area contributed by atoms with Crippen molar-refractivity contribution in [1.82, 2.24) is 29.3 Å². The summed E-state index contributed by atoms with van der Waals surface area (Å²) in [5.41, 5.74) is 9.19. The second-order valence-corrected chi connectivity index (χ2v) is 9.25. The van der Waals surface area contributed by atoms with E-state index >= 15 is 0 Å². The molecule has 3 N–H and O–H groups in total. The van der Waals surface area contributed by atoms with Crippen LogP contribution in [0.25, 0.3) is 17.2 Å². The molecule has 0 bridgehead atoms. The van der Waals surface area contributed by atoms with Crippen molar-refractivity contribution in [2.24, 2.45) is 0 Å². The number of benzene rings is 1. The number of imidazole rings is 1. The summed E-state index contributed by atoms with van der Waals surface area (Å²) < 4.78 is 14.8. The molecule has 0 aliphatic heterocycles. The predicted octanol–water partition coefficient (Wildman–Crippen LogP) is 3.84. The molecule has 0 spiro atoms. The summed E-state index contributed by atoms with van der Waals surface area (Å²) in [5, 5.41) is 11.1. The van der Waals surface area contributed by atoms with Crippen molar-refractivity contribution in [3.8, 4) is 23.0 Å². The second-order valence-electron chi connectivity index (χ2n) is 9.25. The number of nitrogens with one attached hydrogen (secondary N) is 1. The van der Waals surface area contributed by atoms with E-state index in [0.717, 1.165) is 18.5 Å². The lowest BCUT2D eigenvalue weighted by molar-refractivity contribution is 0.102. The average molecular weight is 503 g/mol. The summed E-state index contributed by atoms with van der Waals surface area (Å²) in [4.78, 5) is 22.5. The van der Waals surface area contributed by atoms with Crippen LogP contribution in [0.1, 0.15) is 54.7 Å². The Hall–Kier alpha value is -4.25. The van der Waals surface area contributed by atoms with Gasteiger partial charge in [0.1, 0.15) is 30.2 Å². The molecule has 0 unspecified atom stereocenters. The SMILES string of the molecule is COCCOc1cc(N)c(C(=O)Nc2cccc(-c3nncn3C(C)C)n2)cc1-n1cnc(C2CC2)c1. The lowest BCUT2D eigenvalue weighted by Crippen LogP contribution is -2.16. The molecule has 11 nitrogen and oxygen atoms in total.